The van der Waals surface area contributed by atoms with Crippen molar-refractivity contribution < 1.29 is 9.53 Å². The van der Waals surface area contributed by atoms with Crippen LogP contribution in [0, 0.1) is 0 Å². The summed E-state index contributed by atoms with van der Waals surface area (Å²) in [7, 11) is 0. The Bertz CT molecular complexity index is 718. The molecular formula is C21H25NO2. The van der Waals surface area contributed by atoms with E-state index in [1.807, 2.05) is 51.1 Å². The third kappa shape index (κ3) is 3.68. The van der Waals surface area contributed by atoms with Crippen LogP contribution in [0.25, 0.3) is 0 Å². The fraction of sp³-hybridized carbons (Fsp3) is 0.381. The maximum atomic E-state index is 13.1. The molecule has 3 heteroatoms. The van der Waals surface area contributed by atoms with E-state index in [0.29, 0.717) is 19.4 Å². The second-order valence-electron chi connectivity index (χ2n) is 7.55. The van der Waals surface area contributed by atoms with Crippen LogP contribution < -0.4 is 5.32 Å². The van der Waals surface area contributed by atoms with Gasteiger partial charge in [0.2, 0.25) is 0 Å². The summed E-state index contributed by atoms with van der Waals surface area (Å²) in [6.45, 7) is 6.43. The SMILES string of the molecule is CC(C)(C)OC(=O)[C@@]1(Cc2ccccc2)Cc2ccccc2CN1. The average Bonchev–Trinajstić information content (AvgIpc) is 2.54. The number of hydrogen-bond donors (Lipinski definition) is 1. The molecule has 3 rings (SSSR count). The molecule has 24 heavy (non-hydrogen) atoms. The molecule has 0 saturated heterocycles. The zero-order valence-corrected chi connectivity index (χ0v) is 14.6. The van der Waals surface area contributed by atoms with Crippen molar-refractivity contribution >= 4 is 5.97 Å². The van der Waals surface area contributed by atoms with E-state index in [0.717, 1.165) is 5.56 Å². The van der Waals surface area contributed by atoms with Crippen molar-refractivity contribution in [3.8, 4) is 0 Å². The van der Waals surface area contributed by atoms with Crippen LogP contribution in [0.1, 0.15) is 37.5 Å². The van der Waals surface area contributed by atoms with Gasteiger partial charge in [-0.1, -0.05) is 54.6 Å². The summed E-state index contributed by atoms with van der Waals surface area (Å²) in [6, 6.07) is 18.4. The minimum absolute atomic E-state index is 0.173. The van der Waals surface area contributed by atoms with Gasteiger partial charge in [-0.25, -0.2) is 0 Å². The van der Waals surface area contributed by atoms with E-state index in [9.17, 15) is 4.79 Å². The van der Waals surface area contributed by atoms with Crippen molar-refractivity contribution in [1.29, 1.82) is 0 Å². The molecule has 0 amide bonds. The summed E-state index contributed by atoms with van der Waals surface area (Å²) >= 11 is 0. The number of nitrogens with one attached hydrogen (secondary N) is 1. The molecule has 0 aliphatic carbocycles. The zero-order valence-electron chi connectivity index (χ0n) is 14.6. The third-order valence-electron chi connectivity index (χ3n) is 4.37. The highest BCUT2D eigenvalue weighted by Gasteiger charge is 2.44. The van der Waals surface area contributed by atoms with Crippen LogP contribution in [0.3, 0.4) is 0 Å². The van der Waals surface area contributed by atoms with Gasteiger partial charge in [-0.15, -0.1) is 0 Å². The first-order chi connectivity index (χ1) is 11.4. The highest BCUT2D eigenvalue weighted by molar-refractivity contribution is 5.82. The van der Waals surface area contributed by atoms with Crippen molar-refractivity contribution in [3.05, 3.63) is 71.3 Å². The van der Waals surface area contributed by atoms with Crippen molar-refractivity contribution in [3.63, 3.8) is 0 Å². The van der Waals surface area contributed by atoms with Crippen LogP contribution in [0.15, 0.2) is 54.6 Å². The maximum Gasteiger partial charge on any atom is 0.327 e. The molecule has 1 aliphatic rings. The fourth-order valence-electron chi connectivity index (χ4n) is 3.22. The monoisotopic (exact) mass is 323 g/mol. The van der Waals surface area contributed by atoms with Crippen molar-refractivity contribution in [1.82, 2.24) is 5.32 Å². The zero-order chi connectivity index (χ0) is 17.2. The highest BCUT2D eigenvalue weighted by Crippen LogP contribution is 2.29. The Morgan fingerprint density at radius 3 is 2.33 bits per heavy atom. The topological polar surface area (TPSA) is 38.3 Å². The molecule has 0 spiro atoms. The van der Waals surface area contributed by atoms with Crippen LogP contribution in [-0.4, -0.2) is 17.1 Å². The summed E-state index contributed by atoms with van der Waals surface area (Å²) in [4.78, 5) is 13.1. The molecule has 0 saturated carbocycles. The van der Waals surface area contributed by atoms with E-state index < -0.39 is 11.1 Å². The van der Waals surface area contributed by atoms with Crippen molar-refractivity contribution in [2.75, 3.05) is 0 Å². The van der Waals surface area contributed by atoms with E-state index in [-0.39, 0.29) is 5.97 Å². The third-order valence-corrected chi connectivity index (χ3v) is 4.37. The lowest BCUT2D eigenvalue weighted by atomic mass is 9.80. The van der Waals surface area contributed by atoms with Crippen LogP contribution in [0.4, 0.5) is 0 Å². The lowest BCUT2D eigenvalue weighted by molar-refractivity contribution is -0.163. The predicted molar refractivity (Wildman–Crippen MR) is 95.7 cm³/mol. The maximum absolute atomic E-state index is 13.1. The molecule has 2 aromatic rings. The fourth-order valence-corrected chi connectivity index (χ4v) is 3.22. The molecular weight excluding hydrogens is 298 g/mol. The summed E-state index contributed by atoms with van der Waals surface area (Å²) in [5.74, 6) is -0.173. The van der Waals surface area contributed by atoms with Crippen LogP contribution in [0.2, 0.25) is 0 Å². The van der Waals surface area contributed by atoms with Crippen LogP contribution in [0.5, 0.6) is 0 Å². The van der Waals surface area contributed by atoms with Crippen molar-refractivity contribution in [2.45, 2.75) is 51.3 Å². The van der Waals surface area contributed by atoms with Gasteiger partial charge in [0.15, 0.2) is 0 Å². The summed E-state index contributed by atoms with van der Waals surface area (Å²) < 4.78 is 5.77. The largest absolute Gasteiger partial charge is 0.459 e. The molecule has 126 valence electrons. The first kappa shape index (κ1) is 16.7. The lowest BCUT2D eigenvalue weighted by Crippen LogP contribution is -2.59. The number of benzene rings is 2. The Hall–Kier alpha value is -2.13. The summed E-state index contributed by atoms with van der Waals surface area (Å²) in [6.07, 6.45) is 1.27. The van der Waals surface area contributed by atoms with Gasteiger partial charge in [0.1, 0.15) is 11.1 Å². The molecule has 0 radical (unpaired) electrons. The van der Waals surface area contributed by atoms with E-state index >= 15 is 0 Å². The average molecular weight is 323 g/mol. The molecule has 0 aromatic heterocycles. The Kier molecular flexibility index (Phi) is 4.46. The second kappa shape index (κ2) is 6.40. The van der Waals surface area contributed by atoms with Gasteiger partial charge in [-0.3, -0.25) is 10.1 Å². The molecule has 1 N–H and O–H groups in total. The number of fused-ring (bicyclic) bond motifs is 1. The Morgan fingerprint density at radius 1 is 1.04 bits per heavy atom. The van der Waals surface area contributed by atoms with E-state index in [1.165, 1.54) is 11.1 Å². The first-order valence-corrected chi connectivity index (χ1v) is 8.47. The van der Waals surface area contributed by atoms with Gasteiger partial charge in [0, 0.05) is 19.4 Å². The van der Waals surface area contributed by atoms with Gasteiger partial charge in [-0.05, 0) is 37.5 Å². The highest BCUT2D eigenvalue weighted by atomic mass is 16.6. The molecule has 3 nitrogen and oxygen atoms in total. The van der Waals surface area contributed by atoms with E-state index in [4.69, 9.17) is 4.74 Å². The van der Waals surface area contributed by atoms with E-state index in [2.05, 4.69) is 29.6 Å². The first-order valence-electron chi connectivity index (χ1n) is 8.47. The van der Waals surface area contributed by atoms with Gasteiger partial charge in [-0.2, -0.15) is 0 Å². The van der Waals surface area contributed by atoms with Gasteiger partial charge >= 0.3 is 5.97 Å². The molecule has 2 aromatic carbocycles. The predicted octanol–water partition coefficient (Wildman–Crippen LogP) is 3.66. The number of rotatable bonds is 3. The number of esters is 1. The van der Waals surface area contributed by atoms with Gasteiger partial charge < -0.3 is 4.74 Å². The van der Waals surface area contributed by atoms with E-state index in [1.54, 1.807) is 0 Å². The summed E-state index contributed by atoms with van der Waals surface area (Å²) in [5, 5.41) is 3.49. The van der Waals surface area contributed by atoms with Crippen LogP contribution >= 0.6 is 0 Å². The summed E-state index contributed by atoms with van der Waals surface area (Å²) in [5.41, 5.74) is 2.39. The number of carbonyl (C=O) groups excluding carboxylic acids is 1. The second-order valence-corrected chi connectivity index (χ2v) is 7.55. The van der Waals surface area contributed by atoms with Crippen molar-refractivity contribution in [2.24, 2.45) is 0 Å². The standard InChI is InChI=1S/C21H25NO2/c1-20(2,3)24-19(23)21(13-16-9-5-4-6-10-16)14-17-11-7-8-12-18(17)15-22-21/h4-12,22H,13-15H2,1-3H3/t21-/m1/s1. The molecule has 0 fully saturated rings. The minimum Gasteiger partial charge on any atom is -0.459 e. The minimum atomic E-state index is -0.719. The number of carbonyl (C=O) groups is 1. The molecule has 1 aliphatic heterocycles. The molecule has 1 heterocycles. The van der Waals surface area contributed by atoms with Crippen LogP contribution in [-0.2, 0) is 28.9 Å². The molecule has 1 atom stereocenters. The normalized spacial score (nSPS) is 20.3. The quantitative estimate of drug-likeness (QED) is 0.876. The Labute approximate surface area is 144 Å². The smallest absolute Gasteiger partial charge is 0.327 e. The number of ether oxygens (including phenoxy) is 1. The Balaban J connectivity index is 1.94. The lowest BCUT2D eigenvalue weighted by Gasteiger charge is -2.39. The Morgan fingerprint density at radius 2 is 1.67 bits per heavy atom. The molecule has 0 bridgehead atoms. The molecule has 0 unspecified atom stereocenters. The van der Waals surface area contributed by atoms with Gasteiger partial charge in [0.05, 0.1) is 0 Å². The van der Waals surface area contributed by atoms with Gasteiger partial charge in [0.25, 0.3) is 0 Å². The number of hydrogen-bond acceptors (Lipinski definition) is 3.